The highest BCUT2D eigenvalue weighted by Crippen LogP contribution is 2.17. The SMILES string of the molecule is CC(C)NCc1cccc(CS(=O)(=O)N2CCCCC2)c1. The van der Waals surface area contributed by atoms with Gasteiger partial charge in [-0.2, -0.15) is 0 Å². The minimum absolute atomic E-state index is 0.114. The van der Waals surface area contributed by atoms with Gasteiger partial charge >= 0.3 is 0 Å². The van der Waals surface area contributed by atoms with E-state index in [1.165, 1.54) is 0 Å². The standard InChI is InChI=1S/C16H26N2O2S/c1-14(2)17-12-15-7-6-8-16(11-15)13-21(19,20)18-9-4-3-5-10-18/h6-8,11,14,17H,3-5,9-10,12-13H2,1-2H3. The topological polar surface area (TPSA) is 49.4 Å². The number of nitrogens with zero attached hydrogens (tertiary/aromatic N) is 1. The van der Waals surface area contributed by atoms with Crippen LogP contribution in [0.5, 0.6) is 0 Å². The highest BCUT2D eigenvalue weighted by Gasteiger charge is 2.24. The van der Waals surface area contributed by atoms with Crippen LogP contribution in [0.15, 0.2) is 24.3 Å². The second-order valence-corrected chi connectivity index (χ2v) is 8.04. The predicted octanol–water partition coefficient (Wildman–Crippen LogP) is 2.50. The van der Waals surface area contributed by atoms with Gasteiger partial charge in [0.25, 0.3) is 0 Å². The molecule has 2 rings (SSSR count). The number of hydrogen-bond acceptors (Lipinski definition) is 3. The van der Waals surface area contributed by atoms with Gasteiger partial charge in [0, 0.05) is 25.7 Å². The quantitative estimate of drug-likeness (QED) is 0.878. The van der Waals surface area contributed by atoms with E-state index >= 15 is 0 Å². The van der Waals surface area contributed by atoms with E-state index in [2.05, 4.69) is 19.2 Å². The Bertz CT molecular complexity index is 549. The van der Waals surface area contributed by atoms with Crippen LogP contribution in [0.4, 0.5) is 0 Å². The predicted molar refractivity (Wildman–Crippen MR) is 86.5 cm³/mol. The zero-order valence-electron chi connectivity index (χ0n) is 13.0. The van der Waals surface area contributed by atoms with Crippen molar-refractivity contribution in [3.8, 4) is 0 Å². The van der Waals surface area contributed by atoms with Crippen LogP contribution in [0.3, 0.4) is 0 Å². The fourth-order valence-corrected chi connectivity index (χ4v) is 4.19. The first-order valence-corrected chi connectivity index (χ1v) is 9.37. The monoisotopic (exact) mass is 310 g/mol. The van der Waals surface area contributed by atoms with Crippen LogP contribution >= 0.6 is 0 Å². The maximum absolute atomic E-state index is 12.4. The molecule has 1 aliphatic rings. The van der Waals surface area contributed by atoms with Crippen molar-refractivity contribution in [2.24, 2.45) is 0 Å². The lowest BCUT2D eigenvalue weighted by Gasteiger charge is -2.26. The van der Waals surface area contributed by atoms with E-state index in [1.807, 2.05) is 24.3 Å². The smallest absolute Gasteiger partial charge is 0.218 e. The molecule has 1 heterocycles. The minimum Gasteiger partial charge on any atom is -0.310 e. The summed E-state index contributed by atoms with van der Waals surface area (Å²) in [6, 6.07) is 8.30. The number of hydrogen-bond donors (Lipinski definition) is 1. The summed E-state index contributed by atoms with van der Waals surface area (Å²) in [6.45, 7) is 6.33. The van der Waals surface area contributed by atoms with Gasteiger partial charge in [0.05, 0.1) is 5.75 Å². The van der Waals surface area contributed by atoms with Crippen LogP contribution in [0, 0.1) is 0 Å². The molecule has 118 valence electrons. The van der Waals surface area contributed by atoms with E-state index in [0.29, 0.717) is 19.1 Å². The number of benzene rings is 1. The Morgan fingerprint density at radius 3 is 2.48 bits per heavy atom. The average Bonchev–Trinajstić information content (AvgIpc) is 2.46. The van der Waals surface area contributed by atoms with E-state index in [-0.39, 0.29) is 5.75 Å². The normalized spacial score (nSPS) is 17.3. The van der Waals surface area contributed by atoms with Crippen molar-refractivity contribution in [1.29, 1.82) is 0 Å². The second-order valence-electron chi connectivity index (χ2n) is 6.07. The molecular weight excluding hydrogens is 284 g/mol. The lowest BCUT2D eigenvalue weighted by molar-refractivity contribution is 0.346. The largest absolute Gasteiger partial charge is 0.310 e. The third kappa shape index (κ3) is 5.09. The summed E-state index contributed by atoms with van der Waals surface area (Å²) in [5.41, 5.74) is 2.01. The number of piperidine rings is 1. The molecule has 0 saturated carbocycles. The van der Waals surface area contributed by atoms with Crippen LogP contribution in [0.1, 0.15) is 44.2 Å². The maximum atomic E-state index is 12.4. The number of nitrogens with one attached hydrogen (secondary N) is 1. The lowest BCUT2D eigenvalue weighted by Crippen LogP contribution is -2.36. The molecule has 0 bridgehead atoms. The molecule has 1 N–H and O–H groups in total. The first kappa shape index (κ1) is 16.5. The third-order valence-corrected chi connectivity index (χ3v) is 5.61. The van der Waals surface area contributed by atoms with Crippen LogP contribution in [0.2, 0.25) is 0 Å². The molecule has 4 nitrogen and oxygen atoms in total. The van der Waals surface area contributed by atoms with Crippen molar-refractivity contribution in [3.63, 3.8) is 0 Å². The summed E-state index contributed by atoms with van der Waals surface area (Å²) < 4.78 is 26.5. The highest BCUT2D eigenvalue weighted by molar-refractivity contribution is 7.88. The molecule has 0 unspecified atom stereocenters. The van der Waals surface area contributed by atoms with E-state index in [4.69, 9.17) is 0 Å². The van der Waals surface area contributed by atoms with Crippen molar-refractivity contribution in [3.05, 3.63) is 35.4 Å². The average molecular weight is 310 g/mol. The molecule has 1 saturated heterocycles. The molecule has 0 aliphatic carbocycles. The van der Waals surface area contributed by atoms with Crippen LogP contribution in [-0.4, -0.2) is 31.9 Å². The van der Waals surface area contributed by atoms with Crippen LogP contribution < -0.4 is 5.32 Å². The number of sulfonamides is 1. The van der Waals surface area contributed by atoms with Gasteiger partial charge in [-0.3, -0.25) is 0 Å². The van der Waals surface area contributed by atoms with Crippen molar-refractivity contribution < 1.29 is 8.42 Å². The van der Waals surface area contributed by atoms with Crippen molar-refractivity contribution in [2.45, 2.75) is 51.4 Å². The highest BCUT2D eigenvalue weighted by atomic mass is 32.2. The summed E-state index contributed by atoms with van der Waals surface area (Å²) in [5.74, 6) is 0.114. The Labute approximate surface area is 128 Å². The van der Waals surface area contributed by atoms with E-state index in [1.54, 1.807) is 4.31 Å². The summed E-state index contributed by atoms with van der Waals surface area (Å²) in [6.07, 6.45) is 3.11. The second kappa shape index (κ2) is 7.38. The lowest BCUT2D eigenvalue weighted by atomic mass is 10.1. The van der Waals surface area contributed by atoms with Gasteiger partial charge in [0.15, 0.2) is 0 Å². The van der Waals surface area contributed by atoms with Gasteiger partial charge in [-0.1, -0.05) is 44.5 Å². The van der Waals surface area contributed by atoms with E-state index in [0.717, 1.165) is 36.9 Å². The third-order valence-electron chi connectivity index (χ3n) is 3.76. The molecule has 5 heteroatoms. The molecule has 0 amide bonds. The summed E-state index contributed by atoms with van der Waals surface area (Å²) in [7, 11) is -3.17. The molecule has 1 fully saturated rings. The molecular formula is C16H26N2O2S. The first-order valence-electron chi connectivity index (χ1n) is 7.76. The van der Waals surface area contributed by atoms with Crippen LogP contribution in [0.25, 0.3) is 0 Å². The zero-order valence-corrected chi connectivity index (χ0v) is 13.8. The molecule has 0 atom stereocenters. The fraction of sp³-hybridized carbons (Fsp3) is 0.625. The Balaban J connectivity index is 2.02. The zero-order chi connectivity index (χ0) is 15.3. The van der Waals surface area contributed by atoms with E-state index < -0.39 is 10.0 Å². The van der Waals surface area contributed by atoms with Gasteiger partial charge in [0.2, 0.25) is 10.0 Å². The molecule has 1 aromatic rings. The summed E-state index contributed by atoms with van der Waals surface area (Å²) in [4.78, 5) is 0. The van der Waals surface area contributed by atoms with Crippen molar-refractivity contribution >= 4 is 10.0 Å². The van der Waals surface area contributed by atoms with Gasteiger partial charge in [0.1, 0.15) is 0 Å². The van der Waals surface area contributed by atoms with Gasteiger partial charge < -0.3 is 5.32 Å². The van der Waals surface area contributed by atoms with Gasteiger partial charge in [-0.15, -0.1) is 0 Å². The Morgan fingerprint density at radius 1 is 1.14 bits per heavy atom. The molecule has 1 aliphatic heterocycles. The molecule has 0 spiro atoms. The van der Waals surface area contributed by atoms with Gasteiger partial charge in [-0.25, -0.2) is 12.7 Å². The van der Waals surface area contributed by atoms with Crippen LogP contribution in [-0.2, 0) is 22.3 Å². The Hall–Kier alpha value is -0.910. The minimum atomic E-state index is -3.17. The first-order chi connectivity index (χ1) is 9.97. The Kier molecular flexibility index (Phi) is 5.79. The molecule has 0 radical (unpaired) electrons. The molecule has 0 aromatic heterocycles. The molecule has 21 heavy (non-hydrogen) atoms. The van der Waals surface area contributed by atoms with Crippen molar-refractivity contribution in [1.82, 2.24) is 9.62 Å². The fourth-order valence-electron chi connectivity index (χ4n) is 2.60. The summed E-state index contributed by atoms with van der Waals surface area (Å²) >= 11 is 0. The van der Waals surface area contributed by atoms with Crippen molar-refractivity contribution in [2.75, 3.05) is 13.1 Å². The molecule has 1 aromatic carbocycles. The van der Waals surface area contributed by atoms with Gasteiger partial charge in [-0.05, 0) is 24.0 Å². The maximum Gasteiger partial charge on any atom is 0.218 e. The summed E-state index contributed by atoms with van der Waals surface area (Å²) in [5, 5.41) is 3.36. The van der Waals surface area contributed by atoms with E-state index in [9.17, 15) is 8.42 Å². The number of rotatable bonds is 6. The Morgan fingerprint density at radius 2 is 1.81 bits per heavy atom.